The summed E-state index contributed by atoms with van der Waals surface area (Å²) in [5, 5.41) is 20.2. The van der Waals surface area contributed by atoms with Crippen LogP contribution in [0.3, 0.4) is 0 Å². The molecule has 31 heavy (non-hydrogen) atoms. The second-order valence-electron chi connectivity index (χ2n) is 7.43. The van der Waals surface area contributed by atoms with Crippen molar-refractivity contribution in [1.29, 1.82) is 0 Å². The molecule has 8 nitrogen and oxygen atoms in total. The summed E-state index contributed by atoms with van der Waals surface area (Å²) in [4.78, 5) is 23.1. The average molecular weight is 439 g/mol. The van der Waals surface area contributed by atoms with Gasteiger partial charge in [-0.15, -0.1) is 10.2 Å². The number of nitrogens with zero attached hydrogens (tertiary/aromatic N) is 4. The Kier molecular flexibility index (Phi) is 6.43. The highest BCUT2D eigenvalue weighted by molar-refractivity contribution is 7.99. The highest BCUT2D eigenvalue weighted by Gasteiger charge is 2.22. The minimum absolute atomic E-state index is 0.0206. The van der Waals surface area contributed by atoms with Gasteiger partial charge in [0.05, 0.1) is 23.3 Å². The zero-order valence-corrected chi connectivity index (χ0v) is 17.9. The maximum Gasteiger partial charge on any atom is 0.269 e. The molecule has 2 heterocycles. The summed E-state index contributed by atoms with van der Waals surface area (Å²) in [7, 11) is 0. The van der Waals surface area contributed by atoms with Crippen LogP contribution in [-0.2, 0) is 11.3 Å². The quantitative estimate of drug-likeness (QED) is 0.223. The highest BCUT2D eigenvalue weighted by Crippen LogP contribution is 2.28. The number of hydrogen-bond acceptors (Lipinski definition) is 7. The molecule has 0 radical (unpaired) electrons. The van der Waals surface area contributed by atoms with Crippen LogP contribution in [0, 0.1) is 17.0 Å². The van der Waals surface area contributed by atoms with Gasteiger partial charge in [-0.1, -0.05) is 41.6 Å². The molecule has 0 N–H and O–H groups in total. The summed E-state index contributed by atoms with van der Waals surface area (Å²) in [5.74, 6) is 0.872. The van der Waals surface area contributed by atoms with Crippen LogP contribution in [0.25, 0.3) is 11.4 Å². The van der Waals surface area contributed by atoms with E-state index in [0.717, 1.165) is 30.6 Å². The third-order valence-corrected chi connectivity index (χ3v) is 6.14. The van der Waals surface area contributed by atoms with E-state index in [1.807, 2.05) is 35.8 Å². The van der Waals surface area contributed by atoms with Gasteiger partial charge in [-0.3, -0.25) is 19.5 Å². The molecule has 0 spiro atoms. The third-order valence-electron chi connectivity index (χ3n) is 5.17. The first-order valence-electron chi connectivity index (χ1n) is 10.0. The smallest absolute Gasteiger partial charge is 0.269 e. The van der Waals surface area contributed by atoms with E-state index >= 15 is 0 Å². The first-order valence-corrected chi connectivity index (χ1v) is 11.0. The topological polar surface area (TPSA) is 100 Å². The van der Waals surface area contributed by atoms with Gasteiger partial charge in [-0.2, -0.15) is 0 Å². The fourth-order valence-electron chi connectivity index (χ4n) is 3.45. The summed E-state index contributed by atoms with van der Waals surface area (Å²) < 4.78 is 7.74. The summed E-state index contributed by atoms with van der Waals surface area (Å²) in [6.07, 6.45) is 2.01. The molecule has 0 saturated carbocycles. The Balaban J connectivity index is 1.57. The van der Waals surface area contributed by atoms with E-state index in [2.05, 4.69) is 10.2 Å². The fraction of sp³-hybridized carbons (Fsp3) is 0.318. The minimum Gasteiger partial charge on any atom is -0.376 e. The monoisotopic (exact) mass is 438 g/mol. The number of benzene rings is 2. The van der Waals surface area contributed by atoms with Crippen molar-refractivity contribution < 1.29 is 14.5 Å². The molecule has 2 aromatic carbocycles. The van der Waals surface area contributed by atoms with Crippen LogP contribution < -0.4 is 0 Å². The predicted octanol–water partition coefficient (Wildman–Crippen LogP) is 4.32. The van der Waals surface area contributed by atoms with Crippen molar-refractivity contribution in [1.82, 2.24) is 14.8 Å². The normalized spacial score (nSPS) is 15.8. The molecule has 1 atom stereocenters. The van der Waals surface area contributed by atoms with Crippen molar-refractivity contribution in [2.45, 2.75) is 37.6 Å². The number of carbonyl (C=O) groups is 1. The van der Waals surface area contributed by atoms with Crippen LogP contribution >= 0.6 is 11.8 Å². The van der Waals surface area contributed by atoms with Crippen LogP contribution in [0.15, 0.2) is 53.7 Å². The fourth-order valence-corrected chi connectivity index (χ4v) is 4.29. The molecule has 1 unspecified atom stereocenters. The zero-order chi connectivity index (χ0) is 21.8. The number of nitro benzene ring substituents is 1. The van der Waals surface area contributed by atoms with Gasteiger partial charge in [0, 0.05) is 29.9 Å². The van der Waals surface area contributed by atoms with Gasteiger partial charge in [0.2, 0.25) is 0 Å². The summed E-state index contributed by atoms with van der Waals surface area (Å²) in [6, 6.07) is 13.7. The van der Waals surface area contributed by atoms with E-state index in [4.69, 9.17) is 4.74 Å². The van der Waals surface area contributed by atoms with Crippen molar-refractivity contribution in [3.05, 3.63) is 69.8 Å². The Morgan fingerprint density at radius 1 is 1.19 bits per heavy atom. The molecule has 1 saturated heterocycles. The number of ketones is 1. The lowest BCUT2D eigenvalue weighted by molar-refractivity contribution is -0.384. The maximum absolute atomic E-state index is 12.6. The van der Waals surface area contributed by atoms with Crippen molar-refractivity contribution >= 4 is 23.2 Å². The van der Waals surface area contributed by atoms with Crippen LogP contribution in [0.5, 0.6) is 0 Å². The lowest BCUT2D eigenvalue weighted by Gasteiger charge is -2.14. The lowest BCUT2D eigenvalue weighted by Crippen LogP contribution is -2.17. The molecule has 9 heteroatoms. The largest absolute Gasteiger partial charge is 0.376 e. The first kappa shape index (κ1) is 21.2. The van der Waals surface area contributed by atoms with Crippen LogP contribution in [-0.4, -0.2) is 43.9 Å². The Morgan fingerprint density at radius 3 is 2.58 bits per heavy atom. The molecule has 0 aliphatic carbocycles. The van der Waals surface area contributed by atoms with Gasteiger partial charge in [-0.05, 0) is 31.9 Å². The number of Topliss-reactive ketones (excluding diaryl/α,β-unsaturated/α-hetero) is 1. The number of thioether (sulfide) groups is 1. The second kappa shape index (κ2) is 9.40. The highest BCUT2D eigenvalue weighted by atomic mass is 32.2. The molecule has 1 aliphatic heterocycles. The molecule has 0 bridgehead atoms. The number of hydrogen-bond donors (Lipinski definition) is 0. The molecular formula is C22H22N4O4S. The standard InChI is InChI=1S/C22H22N4O4S/c1-15-4-6-16(7-5-15)20(27)14-31-22-24-23-21(25(22)13-19-3-2-12-30-19)17-8-10-18(11-9-17)26(28)29/h4-11,19H,2-3,12-14H2,1H3. The molecular weight excluding hydrogens is 416 g/mol. The number of nitro groups is 1. The number of aromatic nitrogens is 3. The molecule has 4 rings (SSSR count). The van der Waals surface area contributed by atoms with Crippen molar-refractivity contribution in [3.8, 4) is 11.4 Å². The SMILES string of the molecule is Cc1ccc(C(=O)CSc2nnc(-c3ccc([N+](=O)[O-])cc3)n2CC2CCCO2)cc1. The van der Waals surface area contributed by atoms with Crippen molar-refractivity contribution in [3.63, 3.8) is 0 Å². The van der Waals surface area contributed by atoms with Gasteiger partial charge < -0.3 is 4.74 Å². The van der Waals surface area contributed by atoms with Gasteiger partial charge in [0.1, 0.15) is 0 Å². The lowest BCUT2D eigenvalue weighted by atomic mass is 10.1. The Bertz CT molecular complexity index is 1070. The number of aryl methyl sites for hydroxylation is 1. The number of rotatable bonds is 8. The van der Waals surface area contributed by atoms with E-state index in [1.165, 1.54) is 23.9 Å². The molecule has 1 aromatic heterocycles. The van der Waals surface area contributed by atoms with E-state index in [-0.39, 0.29) is 23.3 Å². The number of ether oxygens (including phenoxy) is 1. The van der Waals surface area contributed by atoms with Crippen LogP contribution in [0.1, 0.15) is 28.8 Å². The van der Waals surface area contributed by atoms with E-state index in [1.54, 1.807) is 12.1 Å². The minimum atomic E-state index is -0.432. The van der Waals surface area contributed by atoms with E-state index in [9.17, 15) is 14.9 Å². The molecule has 3 aromatic rings. The number of non-ortho nitro benzene ring substituents is 1. The van der Waals surface area contributed by atoms with Gasteiger partial charge in [0.25, 0.3) is 5.69 Å². The van der Waals surface area contributed by atoms with Crippen LogP contribution in [0.2, 0.25) is 0 Å². The zero-order valence-electron chi connectivity index (χ0n) is 17.1. The Morgan fingerprint density at radius 2 is 1.94 bits per heavy atom. The Hall–Kier alpha value is -3.04. The van der Waals surface area contributed by atoms with Crippen molar-refractivity contribution in [2.24, 2.45) is 0 Å². The summed E-state index contributed by atoms with van der Waals surface area (Å²) in [6.45, 7) is 3.28. The second-order valence-corrected chi connectivity index (χ2v) is 8.38. The van der Waals surface area contributed by atoms with E-state index in [0.29, 0.717) is 23.1 Å². The molecule has 1 aliphatic rings. The third kappa shape index (κ3) is 5.00. The van der Waals surface area contributed by atoms with Gasteiger partial charge in [0.15, 0.2) is 16.8 Å². The van der Waals surface area contributed by atoms with Crippen LogP contribution in [0.4, 0.5) is 5.69 Å². The van der Waals surface area contributed by atoms with Gasteiger partial charge in [-0.25, -0.2) is 0 Å². The summed E-state index contributed by atoms with van der Waals surface area (Å²) in [5.41, 5.74) is 2.52. The average Bonchev–Trinajstić information content (AvgIpc) is 3.43. The summed E-state index contributed by atoms with van der Waals surface area (Å²) >= 11 is 1.34. The molecule has 1 fully saturated rings. The first-order chi connectivity index (χ1) is 15.0. The number of carbonyl (C=O) groups excluding carboxylic acids is 1. The Labute approximate surface area is 183 Å². The van der Waals surface area contributed by atoms with E-state index < -0.39 is 4.92 Å². The maximum atomic E-state index is 12.6. The molecule has 0 amide bonds. The predicted molar refractivity (Wildman–Crippen MR) is 117 cm³/mol. The van der Waals surface area contributed by atoms with Crippen molar-refractivity contribution in [2.75, 3.05) is 12.4 Å². The molecule has 160 valence electrons. The van der Waals surface area contributed by atoms with Gasteiger partial charge >= 0.3 is 0 Å².